The summed E-state index contributed by atoms with van der Waals surface area (Å²) < 4.78 is 13.8. The maximum Gasteiger partial charge on any atom is 0.127 e. The lowest BCUT2D eigenvalue weighted by atomic mass is 9.63. The molecule has 1 aromatic carbocycles. The number of hydrogen-bond donors (Lipinski definition) is 1. The predicted molar refractivity (Wildman–Crippen MR) is 83.2 cm³/mol. The monoisotopic (exact) mass is 288 g/mol. The van der Waals surface area contributed by atoms with E-state index in [9.17, 15) is 4.39 Å². The summed E-state index contributed by atoms with van der Waals surface area (Å²) in [6, 6.07) is 7.00. The zero-order valence-corrected chi connectivity index (χ0v) is 13.5. The highest BCUT2D eigenvalue weighted by atomic mass is 19.1. The van der Waals surface area contributed by atoms with E-state index in [1.165, 1.54) is 18.6 Å². The Balaban J connectivity index is 2.04. The molecule has 114 valence electrons. The van der Waals surface area contributed by atoms with Crippen molar-refractivity contribution in [3.05, 3.63) is 35.1 Å². The average Bonchev–Trinajstić information content (AvgIpc) is 2.34. The molecule has 0 amide bonds. The minimum atomic E-state index is -0.240. The first-order valence-electron chi connectivity index (χ1n) is 7.63. The van der Waals surface area contributed by atoms with Crippen molar-refractivity contribution in [2.45, 2.75) is 59.5 Å². The molecule has 1 aromatic rings. The molecular formula is C18H25FN2. The van der Waals surface area contributed by atoms with Gasteiger partial charge in [0, 0.05) is 18.2 Å². The normalized spacial score (nSPS) is 21.0. The predicted octanol–water partition coefficient (Wildman–Crippen LogP) is 4.39. The molecule has 0 radical (unpaired) electrons. The lowest BCUT2D eigenvalue weighted by Crippen LogP contribution is -2.43. The van der Waals surface area contributed by atoms with Crippen molar-refractivity contribution >= 4 is 0 Å². The molecule has 21 heavy (non-hydrogen) atoms. The molecule has 0 unspecified atom stereocenters. The highest BCUT2D eigenvalue weighted by Crippen LogP contribution is 2.45. The van der Waals surface area contributed by atoms with Gasteiger partial charge in [-0.1, -0.05) is 27.7 Å². The molecule has 0 aliphatic heterocycles. The highest BCUT2D eigenvalue weighted by Gasteiger charge is 2.38. The van der Waals surface area contributed by atoms with E-state index < -0.39 is 0 Å². The smallest absolute Gasteiger partial charge is 0.127 e. The third-order valence-electron chi connectivity index (χ3n) is 4.31. The minimum absolute atomic E-state index is 0.240. The van der Waals surface area contributed by atoms with Gasteiger partial charge in [-0.25, -0.2) is 4.39 Å². The van der Waals surface area contributed by atoms with Crippen LogP contribution in [0.3, 0.4) is 0 Å². The number of hydrogen-bond acceptors (Lipinski definition) is 2. The lowest BCUT2D eigenvalue weighted by Gasteiger charge is -2.45. The standard InChI is InChI=1S/C18H25FN2/c1-17(2)8-15(9-18(3,4)12-17)21-11-14-7-13(10-20)5-6-16(14)19/h5-7,15,21H,8-9,11-12H2,1-4H3. The zero-order valence-electron chi connectivity index (χ0n) is 13.5. The Kier molecular flexibility index (Phi) is 4.39. The first-order chi connectivity index (χ1) is 9.71. The Morgan fingerprint density at radius 2 is 1.86 bits per heavy atom. The van der Waals surface area contributed by atoms with Crippen molar-refractivity contribution < 1.29 is 4.39 Å². The second kappa shape index (κ2) is 5.77. The SMILES string of the molecule is CC1(C)CC(NCc2cc(C#N)ccc2F)CC(C)(C)C1. The number of nitriles is 1. The van der Waals surface area contributed by atoms with Gasteiger partial charge < -0.3 is 5.32 Å². The van der Waals surface area contributed by atoms with E-state index in [-0.39, 0.29) is 5.82 Å². The molecule has 0 aromatic heterocycles. The number of benzene rings is 1. The molecule has 0 bridgehead atoms. The van der Waals surface area contributed by atoms with Gasteiger partial charge in [-0.05, 0) is 48.3 Å². The van der Waals surface area contributed by atoms with E-state index in [1.807, 2.05) is 0 Å². The van der Waals surface area contributed by atoms with E-state index in [0.717, 1.165) is 12.8 Å². The van der Waals surface area contributed by atoms with E-state index in [1.54, 1.807) is 6.07 Å². The summed E-state index contributed by atoms with van der Waals surface area (Å²) in [6.45, 7) is 9.70. The number of rotatable bonds is 3. The van der Waals surface area contributed by atoms with Crippen LogP contribution in [0.5, 0.6) is 0 Å². The average molecular weight is 288 g/mol. The number of nitrogens with one attached hydrogen (secondary N) is 1. The summed E-state index contributed by atoms with van der Waals surface area (Å²) in [5.41, 5.74) is 1.71. The van der Waals surface area contributed by atoms with Gasteiger partial charge in [0.25, 0.3) is 0 Å². The van der Waals surface area contributed by atoms with Crippen LogP contribution in [0, 0.1) is 28.0 Å². The van der Waals surface area contributed by atoms with Crippen molar-refractivity contribution in [1.82, 2.24) is 5.32 Å². The molecule has 1 aliphatic rings. The van der Waals surface area contributed by atoms with Crippen molar-refractivity contribution in [2.24, 2.45) is 10.8 Å². The molecule has 0 heterocycles. The second-order valence-electron chi connectivity index (χ2n) is 7.91. The lowest BCUT2D eigenvalue weighted by molar-refractivity contribution is 0.0844. The Morgan fingerprint density at radius 3 is 2.43 bits per heavy atom. The summed E-state index contributed by atoms with van der Waals surface area (Å²) in [5, 5.41) is 12.4. The summed E-state index contributed by atoms with van der Waals surface area (Å²) in [6.07, 6.45) is 3.43. The molecule has 1 N–H and O–H groups in total. The summed E-state index contributed by atoms with van der Waals surface area (Å²) in [5.74, 6) is -0.240. The molecule has 0 atom stereocenters. The van der Waals surface area contributed by atoms with Crippen LogP contribution in [0.4, 0.5) is 4.39 Å². The van der Waals surface area contributed by atoms with Gasteiger partial charge in [-0.3, -0.25) is 0 Å². The Bertz CT molecular complexity index is 539. The van der Waals surface area contributed by atoms with Gasteiger partial charge >= 0.3 is 0 Å². The van der Waals surface area contributed by atoms with Gasteiger partial charge in [-0.15, -0.1) is 0 Å². The van der Waals surface area contributed by atoms with Gasteiger partial charge in [0.1, 0.15) is 5.82 Å². The fourth-order valence-corrected chi connectivity index (χ4v) is 4.02. The van der Waals surface area contributed by atoms with Gasteiger partial charge in [0.15, 0.2) is 0 Å². The molecule has 2 nitrogen and oxygen atoms in total. The van der Waals surface area contributed by atoms with Crippen molar-refractivity contribution in [3.8, 4) is 6.07 Å². The fraction of sp³-hybridized carbons (Fsp3) is 0.611. The molecule has 0 saturated heterocycles. The summed E-state index contributed by atoms with van der Waals surface area (Å²) in [4.78, 5) is 0. The molecule has 3 heteroatoms. The third-order valence-corrected chi connectivity index (χ3v) is 4.31. The molecule has 1 saturated carbocycles. The first kappa shape index (κ1) is 16.0. The molecule has 2 rings (SSSR count). The molecule has 1 fully saturated rings. The van der Waals surface area contributed by atoms with E-state index in [4.69, 9.17) is 5.26 Å². The van der Waals surface area contributed by atoms with Crippen LogP contribution in [0.25, 0.3) is 0 Å². The van der Waals surface area contributed by atoms with Crippen LogP contribution in [0.15, 0.2) is 18.2 Å². The minimum Gasteiger partial charge on any atom is -0.310 e. The van der Waals surface area contributed by atoms with Gasteiger partial charge in [0.2, 0.25) is 0 Å². The van der Waals surface area contributed by atoms with Crippen LogP contribution in [-0.4, -0.2) is 6.04 Å². The Hall–Kier alpha value is -1.40. The van der Waals surface area contributed by atoms with Crippen LogP contribution in [0.2, 0.25) is 0 Å². The molecule has 1 aliphatic carbocycles. The van der Waals surface area contributed by atoms with Crippen LogP contribution < -0.4 is 5.32 Å². The van der Waals surface area contributed by atoms with E-state index in [0.29, 0.717) is 34.5 Å². The number of halogens is 1. The summed E-state index contributed by atoms with van der Waals surface area (Å²) >= 11 is 0. The number of nitrogens with zero attached hydrogens (tertiary/aromatic N) is 1. The van der Waals surface area contributed by atoms with Gasteiger partial charge in [-0.2, -0.15) is 5.26 Å². The molecule has 0 spiro atoms. The quantitative estimate of drug-likeness (QED) is 0.895. The van der Waals surface area contributed by atoms with Crippen molar-refractivity contribution in [1.29, 1.82) is 5.26 Å². The maximum atomic E-state index is 13.8. The fourth-order valence-electron chi connectivity index (χ4n) is 4.02. The largest absolute Gasteiger partial charge is 0.310 e. The Labute approximate surface area is 127 Å². The molecular weight excluding hydrogens is 263 g/mol. The van der Waals surface area contributed by atoms with Crippen molar-refractivity contribution in [3.63, 3.8) is 0 Å². The van der Waals surface area contributed by atoms with Crippen LogP contribution in [0.1, 0.15) is 58.1 Å². The second-order valence-corrected chi connectivity index (χ2v) is 7.91. The van der Waals surface area contributed by atoms with Gasteiger partial charge in [0.05, 0.1) is 11.6 Å². The highest BCUT2D eigenvalue weighted by molar-refractivity contribution is 5.33. The van der Waals surface area contributed by atoms with Crippen molar-refractivity contribution in [2.75, 3.05) is 0 Å². The topological polar surface area (TPSA) is 35.8 Å². The zero-order chi connectivity index (χ0) is 15.7. The maximum absolute atomic E-state index is 13.8. The third kappa shape index (κ3) is 4.28. The first-order valence-corrected chi connectivity index (χ1v) is 7.63. The van der Waals surface area contributed by atoms with Crippen LogP contribution >= 0.6 is 0 Å². The van der Waals surface area contributed by atoms with E-state index >= 15 is 0 Å². The summed E-state index contributed by atoms with van der Waals surface area (Å²) in [7, 11) is 0. The van der Waals surface area contributed by atoms with E-state index in [2.05, 4.69) is 39.1 Å². The van der Waals surface area contributed by atoms with Crippen LogP contribution in [-0.2, 0) is 6.54 Å². The Morgan fingerprint density at radius 1 is 1.24 bits per heavy atom.